The van der Waals surface area contributed by atoms with Gasteiger partial charge in [0, 0.05) is 12.8 Å². The summed E-state index contributed by atoms with van der Waals surface area (Å²) in [6.07, 6.45) is 70.0. The van der Waals surface area contributed by atoms with E-state index in [2.05, 4.69) is 50.3 Å². The molecule has 0 spiro atoms. The maximum absolute atomic E-state index is 12.9. The van der Waals surface area contributed by atoms with Gasteiger partial charge in [-0.05, 0) is 51.4 Å². The minimum absolute atomic E-state index is 0.176. The van der Waals surface area contributed by atoms with Crippen LogP contribution in [-0.2, 0) is 33.3 Å². The number of likely N-dealkylation sites (N-methyl/N-ethyl adjacent to an activating group) is 1. The number of carbonyl (C=O) groups is 3. The van der Waals surface area contributed by atoms with E-state index in [4.69, 9.17) is 18.9 Å². The summed E-state index contributed by atoms with van der Waals surface area (Å²) in [6, 6.07) is 0. The molecule has 0 aliphatic rings. The van der Waals surface area contributed by atoms with Gasteiger partial charge < -0.3 is 28.5 Å². The summed E-state index contributed by atoms with van der Waals surface area (Å²) in [5.41, 5.74) is 0. The Bertz CT molecular complexity index is 1340. The van der Waals surface area contributed by atoms with Crippen molar-refractivity contribution in [2.75, 3.05) is 47.5 Å². The summed E-state index contributed by atoms with van der Waals surface area (Å²) in [4.78, 5) is 37.3. The number of hydrogen-bond acceptors (Lipinski definition) is 7. The van der Waals surface area contributed by atoms with Crippen LogP contribution in [0.4, 0.5) is 0 Å². The molecule has 1 N–H and O–H groups in total. The lowest BCUT2D eigenvalue weighted by molar-refractivity contribution is -0.870. The van der Waals surface area contributed by atoms with Gasteiger partial charge in [-0.1, -0.05) is 288 Å². The average molecular weight is 1070 g/mol. The van der Waals surface area contributed by atoms with E-state index in [0.29, 0.717) is 17.4 Å². The van der Waals surface area contributed by atoms with Crippen molar-refractivity contribution in [2.45, 2.75) is 328 Å². The van der Waals surface area contributed by atoms with Crippen LogP contribution in [0.25, 0.3) is 0 Å². The number of carboxylic acid groups (broad SMARTS) is 1. The number of nitrogens with zero attached hydrogens (tertiary/aromatic N) is 1. The van der Waals surface area contributed by atoms with Gasteiger partial charge in [0.2, 0.25) is 0 Å². The smallest absolute Gasteiger partial charge is 0.361 e. The molecule has 9 nitrogen and oxygen atoms in total. The van der Waals surface area contributed by atoms with Gasteiger partial charge in [-0.3, -0.25) is 9.59 Å². The van der Waals surface area contributed by atoms with Crippen LogP contribution in [0.5, 0.6) is 0 Å². The minimum atomic E-state index is -1.50. The first-order valence-corrected chi connectivity index (χ1v) is 32.7. The Morgan fingerprint density at radius 2 is 0.711 bits per heavy atom. The summed E-state index contributed by atoms with van der Waals surface area (Å²) in [7, 11) is 5.97. The van der Waals surface area contributed by atoms with E-state index in [1.165, 1.54) is 238 Å². The molecule has 0 fully saturated rings. The third-order valence-electron chi connectivity index (χ3n) is 14.6. The predicted octanol–water partition coefficient (Wildman–Crippen LogP) is 19.6. The van der Waals surface area contributed by atoms with Crippen molar-refractivity contribution in [3.63, 3.8) is 0 Å². The fraction of sp³-hybridized carbons (Fsp3) is 0.866. The summed E-state index contributed by atoms with van der Waals surface area (Å²) in [6.45, 7) is 4.89. The summed E-state index contributed by atoms with van der Waals surface area (Å²) >= 11 is 0. The SMILES string of the molecule is CCCCCCC/C=C\C/C=C\C/C=C\CCCCCCCCCCCCCCCCCCCCCCCCCCCCC(=O)OC(COC(=O)CCCCCCCCCCCC)COC(OCC[N+](C)(C)C)C(=O)O. The molecular weight excluding hydrogens is 947 g/mol. The first-order chi connectivity index (χ1) is 37.1. The Hall–Kier alpha value is -2.49. The Morgan fingerprint density at radius 1 is 0.395 bits per heavy atom. The molecule has 9 heteroatoms. The molecule has 0 rings (SSSR count). The molecule has 0 saturated heterocycles. The normalized spacial score (nSPS) is 12.9. The summed E-state index contributed by atoms with van der Waals surface area (Å²) in [5.74, 6) is -1.99. The maximum Gasteiger partial charge on any atom is 0.361 e. The number of carbonyl (C=O) groups excluding carboxylic acids is 2. The van der Waals surface area contributed by atoms with Crippen LogP contribution >= 0.6 is 0 Å². The standard InChI is InChI=1S/C67H125NO8/c1-6-8-10-12-14-16-18-19-20-21-22-23-24-25-26-27-28-29-30-31-32-33-34-35-36-37-38-39-40-41-42-43-44-45-46-47-48-50-52-54-56-58-65(70)76-63(62-75-67(66(71)72)73-60-59-68(3,4)5)61-74-64(69)57-55-53-51-49-17-15-13-11-9-7-2/h18-19,21-22,24-25,63,67H,6-17,20,23,26-62H2,1-5H3/p+1/b19-18-,22-21-,25-24-. The largest absolute Gasteiger partial charge is 0.477 e. The van der Waals surface area contributed by atoms with Crippen LogP contribution in [0.2, 0.25) is 0 Å². The highest BCUT2D eigenvalue weighted by Gasteiger charge is 2.25. The fourth-order valence-electron chi connectivity index (χ4n) is 9.61. The lowest BCUT2D eigenvalue weighted by Crippen LogP contribution is -2.40. The van der Waals surface area contributed by atoms with Crippen molar-refractivity contribution in [3.05, 3.63) is 36.5 Å². The molecule has 76 heavy (non-hydrogen) atoms. The van der Waals surface area contributed by atoms with E-state index in [9.17, 15) is 19.5 Å². The Kier molecular flexibility index (Phi) is 56.7. The molecule has 0 aromatic heterocycles. The van der Waals surface area contributed by atoms with Gasteiger partial charge in [0.15, 0.2) is 6.10 Å². The molecule has 0 radical (unpaired) electrons. The second kappa shape index (κ2) is 58.7. The molecule has 0 aromatic carbocycles. The summed E-state index contributed by atoms with van der Waals surface area (Å²) < 4.78 is 22.8. The zero-order chi connectivity index (χ0) is 55.5. The zero-order valence-corrected chi connectivity index (χ0v) is 50.9. The number of quaternary nitrogens is 1. The Balaban J connectivity index is 3.84. The van der Waals surface area contributed by atoms with Crippen LogP contribution in [0, 0.1) is 0 Å². The number of aliphatic carboxylic acids is 1. The van der Waals surface area contributed by atoms with Gasteiger partial charge in [0.25, 0.3) is 6.29 Å². The van der Waals surface area contributed by atoms with E-state index in [0.717, 1.165) is 51.4 Å². The lowest BCUT2D eigenvalue weighted by atomic mass is 10.0. The van der Waals surface area contributed by atoms with Crippen molar-refractivity contribution in [3.8, 4) is 0 Å². The van der Waals surface area contributed by atoms with Gasteiger partial charge in [0.1, 0.15) is 13.2 Å². The zero-order valence-electron chi connectivity index (χ0n) is 50.9. The van der Waals surface area contributed by atoms with E-state index < -0.39 is 18.4 Å². The third kappa shape index (κ3) is 59.2. The first kappa shape index (κ1) is 73.5. The van der Waals surface area contributed by atoms with Gasteiger partial charge in [-0.25, -0.2) is 4.79 Å². The van der Waals surface area contributed by atoms with Crippen LogP contribution in [0.1, 0.15) is 316 Å². The molecule has 0 heterocycles. The van der Waals surface area contributed by atoms with Crippen molar-refractivity contribution >= 4 is 17.9 Å². The molecular formula is C67H126NO8+. The number of unbranched alkanes of at least 4 members (excludes halogenated alkanes) is 40. The van der Waals surface area contributed by atoms with Crippen molar-refractivity contribution in [1.82, 2.24) is 0 Å². The molecule has 0 saturated carbocycles. The highest BCUT2D eigenvalue weighted by Crippen LogP contribution is 2.18. The van der Waals surface area contributed by atoms with Gasteiger partial charge in [-0.2, -0.15) is 0 Å². The molecule has 0 amide bonds. The second-order valence-corrected chi connectivity index (χ2v) is 23.4. The van der Waals surface area contributed by atoms with E-state index in [1.807, 2.05) is 21.1 Å². The molecule has 0 aromatic rings. The number of ether oxygens (including phenoxy) is 4. The lowest BCUT2D eigenvalue weighted by Gasteiger charge is -2.25. The minimum Gasteiger partial charge on any atom is -0.477 e. The first-order valence-electron chi connectivity index (χ1n) is 32.7. The Morgan fingerprint density at radius 3 is 1.05 bits per heavy atom. The van der Waals surface area contributed by atoms with Crippen molar-refractivity contribution < 1.29 is 42.9 Å². The highest BCUT2D eigenvalue weighted by atomic mass is 16.7. The highest BCUT2D eigenvalue weighted by molar-refractivity contribution is 5.71. The topological polar surface area (TPSA) is 108 Å². The second-order valence-electron chi connectivity index (χ2n) is 23.4. The third-order valence-corrected chi connectivity index (χ3v) is 14.6. The summed E-state index contributed by atoms with van der Waals surface area (Å²) in [5, 5.41) is 9.68. The van der Waals surface area contributed by atoms with Gasteiger partial charge in [0.05, 0.1) is 34.4 Å². The molecule has 2 unspecified atom stereocenters. The monoisotopic (exact) mass is 1070 g/mol. The van der Waals surface area contributed by atoms with Gasteiger partial charge >= 0.3 is 17.9 Å². The average Bonchev–Trinajstić information content (AvgIpc) is 3.39. The van der Waals surface area contributed by atoms with Crippen LogP contribution < -0.4 is 0 Å². The molecule has 2 atom stereocenters. The molecule has 0 aliphatic heterocycles. The van der Waals surface area contributed by atoms with Crippen molar-refractivity contribution in [2.24, 2.45) is 0 Å². The predicted molar refractivity (Wildman–Crippen MR) is 323 cm³/mol. The number of carboxylic acids is 1. The maximum atomic E-state index is 12.9. The number of allylic oxidation sites excluding steroid dienone is 6. The number of hydrogen-bond donors (Lipinski definition) is 1. The van der Waals surface area contributed by atoms with E-state index in [1.54, 1.807) is 0 Å². The van der Waals surface area contributed by atoms with E-state index in [-0.39, 0.29) is 38.2 Å². The van der Waals surface area contributed by atoms with E-state index >= 15 is 0 Å². The number of esters is 2. The quantitative estimate of drug-likeness (QED) is 0.0211. The van der Waals surface area contributed by atoms with Crippen LogP contribution in [0.15, 0.2) is 36.5 Å². The molecule has 0 aliphatic carbocycles. The fourth-order valence-corrected chi connectivity index (χ4v) is 9.61. The molecule has 446 valence electrons. The van der Waals surface area contributed by atoms with Crippen molar-refractivity contribution in [1.29, 1.82) is 0 Å². The van der Waals surface area contributed by atoms with Gasteiger partial charge in [-0.15, -0.1) is 0 Å². The number of rotatable bonds is 61. The van der Waals surface area contributed by atoms with Crippen LogP contribution in [0.3, 0.4) is 0 Å². The van der Waals surface area contributed by atoms with Crippen LogP contribution in [-0.4, -0.2) is 87.4 Å². The molecule has 0 bridgehead atoms. The Labute approximate surface area is 470 Å².